The number of H-pyrrole nitrogens is 1. The zero-order valence-corrected chi connectivity index (χ0v) is 20.5. The van der Waals surface area contributed by atoms with E-state index < -0.39 is 17.2 Å². The average molecular weight is 489 g/mol. The maximum atomic E-state index is 13.4. The third-order valence-corrected chi connectivity index (χ3v) is 6.45. The van der Waals surface area contributed by atoms with Gasteiger partial charge in [0, 0.05) is 6.54 Å². The van der Waals surface area contributed by atoms with E-state index in [4.69, 9.17) is 10.5 Å². The first-order valence-corrected chi connectivity index (χ1v) is 12.3. The number of nitrogens with one attached hydrogen (secondary N) is 1. The van der Waals surface area contributed by atoms with Crippen molar-refractivity contribution in [1.82, 2.24) is 9.55 Å². The first kappa shape index (κ1) is 25.0. The van der Waals surface area contributed by atoms with Crippen molar-refractivity contribution >= 4 is 17.4 Å². The van der Waals surface area contributed by atoms with Crippen molar-refractivity contribution in [3.8, 4) is 5.75 Å². The Morgan fingerprint density at radius 2 is 1.83 bits per heavy atom. The largest absolute Gasteiger partial charge is 0.483 e. The molecule has 0 atom stereocenters. The molecule has 3 aromatic rings. The Labute approximate surface area is 210 Å². The van der Waals surface area contributed by atoms with E-state index in [1.165, 1.54) is 15.0 Å². The number of anilines is 2. The lowest BCUT2D eigenvalue weighted by atomic mass is 9.97. The summed E-state index contributed by atoms with van der Waals surface area (Å²) in [6.07, 6.45) is 7.09. The van der Waals surface area contributed by atoms with Gasteiger partial charge in [-0.05, 0) is 56.2 Å². The highest BCUT2D eigenvalue weighted by molar-refractivity contribution is 5.96. The fraction of sp³-hybridized carbons (Fsp3) is 0.321. The molecule has 2 aromatic carbocycles. The number of carbonyl (C=O) groups excluding carboxylic acids is 1. The number of aromatic amines is 1. The molecule has 36 heavy (non-hydrogen) atoms. The first-order valence-electron chi connectivity index (χ1n) is 12.3. The van der Waals surface area contributed by atoms with E-state index in [0.717, 1.165) is 36.8 Å². The number of benzene rings is 2. The van der Waals surface area contributed by atoms with Gasteiger partial charge in [0.1, 0.15) is 11.6 Å². The summed E-state index contributed by atoms with van der Waals surface area (Å²) in [7, 11) is 0. The Morgan fingerprint density at radius 3 is 2.56 bits per heavy atom. The van der Waals surface area contributed by atoms with Gasteiger partial charge in [-0.2, -0.15) is 0 Å². The lowest BCUT2D eigenvalue weighted by Gasteiger charge is -2.26. The number of nitrogens with zero attached hydrogens (tertiary/aromatic N) is 2. The van der Waals surface area contributed by atoms with E-state index in [1.807, 2.05) is 55.5 Å². The topological polar surface area (TPSA) is 110 Å². The maximum Gasteiger partial charge on any atom is 0.330 e. The number of allylic oxidation sites excluding steroid dienone is 1. The summed E-state index contributed by atoms with van der Waals surface area (Å²) in [6.45, 7) is 2.07. The van der Waals surface area contributed by atoms with Crippen LogP contribution >= 0.6 is 0 Å². The molecule has 0 aliphatic heterocycles. The number of hydrogen-bond donors (Lipinski definition) is 2. The fourth-order valence-corrected chi connectivity index (χ4v) is 4.45. The molecule has 8 heteroatoms. The van der Waals surface area contributed by atoms with Crippen LogP contribution in [0.15, 0.2) is 75.8 Å². The van der Waals surface area contributed by atoms with Gasteiger partial charge in [0.05, 0.1) is 6.54 Å². The predicted octanol–water partition coefficient (Wildman–Crippen LogP) is 3.78. The van der Waals surface area contributed by atoms with Crippen LogP contribution in [0.25, 0.3) is 0 Å². The second-order valence-corrected chi connectivity index (χ2v) is 9.02. The van der Waals surface area contributed by atoms with Crippen LogP contribution in [-0.2, 0) is 11.3 Å². The Bertz CT molecular complexity index is 1360. The smallest absolute Gasteiger partial charge is 0.330 e. The molecule has 0 spiro atoms. The van der Waals surface area contributed by atoms with Crippen LogP contribution in [0.3, 0.4) is 0 Å². The number of aryl methyl sites for hydroxylation is 1. The van der Waals surface area contributed by atoms with Crippen molar-refractivity contribution in [2.45, 2.75) is 45.6 Å². The number of amides is 1. The van der Waals surface area contributed by atoms with Crippen molar-refractivity contribution in [1.29, 1.82) is 0 Å². The second kappa shape index (κ2) is 11.6. The van der Waals surface area contributed by atoms with E-state index >= 15 is 0 Å². The van der Waals surface area contributed by atoms with Crippen molar-refractivity contribution in [3.63, 3.8) is 0 Å². The summed E-state index contributed by atoms with van der Waals surface area (Å²) in [5.41, 5.74) is 8.07. The second-order valence-electron chi connectivity index (χ2n) is 9.02. The standard InChI is InChI=1S/C28H32N4O4/c1-20-10-8-9-15-23(20)36-19-24(33)31(17-16-21-11-4-2-5-12-21)25-26(29)32(28(35)30-27(25)34)18-22-13-6-3-7-14-22/h3,6-11,13-15H,2,4-5,12,16-19,29H2,1H3,(H,30,34,35). The monoisotopic (exact) mass is 488 g/mol. The van der Waals surface area contributed by atoms with Crippen LogP contribution in [-0.4, -0.2) is 28.6 Å². The van der Waals surface area contributed by atoms with Crippen LogP contribution in [0.5, 0.6) is 5.75 Å². The summed E-state index contributed by atoms with van der Waals surface area (Å²) < 4.78 is 7.08. The average Bonchev–Trinajstić information content (AvgIpc) is 2.89. The third kappa shape index (κ3) is 5.94. The zero-order valence-electron chi connectivity index (χ0n) is 20.5. The summed E-state index contributed by atoms with van der Waals surface area (Å²) >= 11 is 0. The molecule has 1 amide bonds. The van der Waals surface area contributed by atoms with E-state index in [-0.39, 0.29) is 31.2 Å². The summed E-state index contributed by atoms with van der Waals surface area (Å²) in [6, 6.07) is 16.8. The summed E-state index contributed by atoms with van der Waals surface area (Å²) in [5, 5.41) is 0. The minimum absolute atomic E-state index is 0.0275. The van der Waals surface area contributed by atoms with Crippen LogP contribution in [0, 0.1) is 6.92 Å². The highest BCUT2D eigenvalue weighted by Gasteiger charge is 2.25. The quantitative estimate of drug-likeness (QED) is 0.446. The maximum absolute atomic E-state index is 13.4. The van der Waals surface area contributed by atoms with Gasteiger partial charge in [-0.1, -0.05) is 60.2 Å². The molecule has 188 valence electrons. The van der Waals surface area contributed by atoms with Gasteiger partial charge in [-0.3, -0.25) is 19.1 Å². The van der Waals surface area contributed by atoms with Gasteiger partial charge in [-0.25, -0.2) is 4.79 Å². The lowest BCUT2D eigenvalue weighted by molar-refractivity contribution is -0.120. The molecule has 0 unspecified atom stereocenters. The van der Waals surface area contributed by atoms with Gasteiger partial charge in [-0.15, -0.1) is 0 Å². The number of hydrogen-bond acceptors (Lipinski definition) is 5. The molecule has 0 radical (unpaired) electrons. The summed E-state index contributed by atoms with van der Waals surface area (Å²) in [4.78, 5) is 42.8. The molecular formula is C28H32N4O4. The van der Waals surface area contributed by atoms with Crippen molar-refractivity contribution in [2.24, 2.45) is 0 Å². The van der Waals surface area contributed by atoms with E-state index in [9.17, 15) is 14.4 Å². The van der Waals surface area contributed by atoms with Gasteiger partial charge >= 0.3 is 5.69 Å². The Balaban J connectivity index is 1.66. The molecule has 1 aliphatic carbocycles. The van der Waals surface area contributed by atoms with Crippen LogP contribution in [0.2, 0.25) is 0 Å². The van der Waals surface area contributed by atoms with Crippen LogP contribution in [0.1, 0.15) is 43.2 Å². The van der Waals surface area contributed by atoms with Crippen molar-refractivity contribution in [2.75, 3.05) is 23.8 Å². The molecule has 0 saturated carbocycles. The third-order valence-electron chi connectivity index (χ3n) is 6.45. The number of carbonyl (C=O) groups is 1. The molecule has 1 aromatic heterocycles. The first-order chi connectivity index (χ1) is 17.4. The van der Waals surface area contributed by atoms with Gasteiger partial charge in [0.15, 0.2) is 12.3 Å². The van der Waals surface area contributed by atoms with E-state index in [0.29, 0.717) is 12.2 Å². The molecule has 0 saturated heterocycles. The van der Waals surface area contributed by atoms with E-state index in [2.05, 4.69) is 11.1 Å². The van der Waals surface area contributed by atoms with Gasteiger partial charge < -0.3 is 15.4 Å². The zero-order chi connectivity index (χ0) is 25.5. The van der Waals surface area contributed by atoms with E-state index in [1.54, 1.807) is 6.07 Å². The number of nitrogen functional groups attached to an aromatic ring is 1. The number of ether oxygens (including phenoxy) is 1. The number of nitrogens with two attached hydrogens (primary N) is 1. The van der Waals surface area contributed by atoms with Crippen LogP contribution in [0.4, 0.5) is 11.5 Å². The predicted molar refractivity (Wildman–Crippen MR) is 141 cm³/mol. The number of para-hydroxylation sites is 1. The summed E-state index contributed by atoms with van der Waals surface area (Å²) in [5.74, 6) is 0.142. The molecule has 0 bridgehead atoms. The van der Waals surface area contributed by atoms with Gasteiger partial charge in [0.25, 0.3) is 11.5 Å². The molecule has 0 fully saturated rings. The van der Waals surface area contributed by atoms with Gasteiger partial charge in [0.2, 0.25) is 0 Å². The van der Waals surface area contributed by atoms with Crippen molar-refractivity contribution < 1.29 is 9.53 Å². The lowest BCUT2D eigenvalue weighted by Crippen LogP contribution is -2.43. The molecule has 1 aliphatic rings. The molecule has 3 N–H and O–H groups in total. The molecule has 4 rings (SSSR count). The fourth-order valence-electron chi connectivity index (χ4n) is 4.45. The Morgan fingerprint density at radius 1 is 1.08 bits per heavy atom. The minimum atomic E-state index is -0.691. The minimum Gasteiger partial charge on any atom is -0.483 e. The molecule has 8 nitrogen and oxygen atoms in total. The molecule has 1 heterocycles. The Hall–Kier alpha value is -4.07. The normalized spacial score (nSPS) is 13.2. The van der Waals surface area contributed by atoms with Crippen molar-refractivity contribution in [3.05, 3.63) is 98.2 Å². The number of aromatic nitrogens is 2. The highest BCUT2D eigenvalue weighted by atomic mass is 16.5. The van der Waals surface area contributed by atoms with Crippen LogP contribution < -0.4 is 26.6 Å². The highest BCUT2D eigenvalue weighted by Crippen LogP contribution is 2.24. The Kier molecular flexibility index (Phi) is 8.05. The SMILES string of the molecule is Cc1ccccc1OCC(=O)N(CCC1=CCCCC1)c1c(N)n(Cc2ccccc2)c(=O)[nH]c1=O. The number of rotatable bonds is 9. The molecular weight excluding hydrogens is 456 g/mol.